The Morgan fingerprint density at radius 2 is 1.62 bits per heavy atom. The first-order valence-electron chi connectivity index (χ1n) is 11.4. The minimum Gasteiger partial charge on any atom is -0.497 e. The van der Waals surface area contributed by atoms with E-state index in [4.69, 9.17) is 9.47 Å². The summed E-state index contributed by atoms with van der Waals surface area (Å²) in [6, 6.07) is 16.1. The van der Waals surface area contributed by atoms with Crippen molar-refractivity contribution in [2.24, 2.45) is 0 Å². The minimum atomic E-state index is -3.40. The molecule has 1 unspecified atom stereocenters. The van der Waals surface area contributed by atoms with Crippen LogP contribution >= 0.6 is 11.3 Å². The fourth-order valence-corrected chi connectivity index (χ4v) is 5.46. The van der Waals surface area contributed by atoms with Crippen molar-refractivity contribution in [1.29, 1.82) is 0 Å². The van der Waals surface area contributed by atoms with Gasteiger partial charge >= 0.3 is 0 Å². The molecular weight excluding hydrogens is 516 g/mol. The highest BCUT2D eigenvalue weighted by Crippen LogP contribution is 2.31. The first-order valence-corrected chi connectivity index (χ1v) is 13.8. The summed E-state index contributed by atoms with van der Waals surface area (Å²) < 4.78 is 36.4. The Balaban J connectivity index is 1.65. The predicted octanol–water partition coefficient (Wildman–Crippen LogP) is 3.84. The second kappa shape index (κ2) is 11.3. The van der Waals surface area contributed by atoms with Crippen LogP contribution in [0, 0.1) is 0 Å². The van der Waals surface area contributed by atoms with Crippen LogP contribution in [0.4, 0.5) is 5.13 Å². The fourth-order valence-electron chi connectivity index (χ4n) is 3.66. The van der Waals surface area contributed by atoms with Crippen LogP contribution in [0.5, 0.6) is 11.5 Å². The largest absolute Gasteiger partial charge is 0.497 e. The van der Waals surface area contributed by atoms with Gasteiger partial charge < -0.3 is 19.7 Å². The molecule has 1 aromatic heterocycles. The molecule has 3 N–H and O–H groups in total. The summed E-state index contributed by atoms with van der Waals surface area (Å²) in [7, 11) is -1.86. The molecule has 0 bridgehead atoms. The average Bonchev–Trinajstić information content (AvgIpc) is 3.32. The summed E-state index contributed by atoms with van der Waals surface area (Å²) in [5, 5.41) is 22.2. The number of nitrogens with zero attached hydrogens (tertiary/aromatic N) is 1. The number of thiazole rings is 1. The van der Waals surface area contributed by atoms with Crippen LogP contribution in [0.1, 0.15) is 29.7 Å². The molecule has 1 amide bonds. The molecule has 0 saturated heterocycles. The number of ether oxygens (including phenoxy) is 2. The third-order valence-corrected chi connectivity index (χ3v) is 8.44. The highest BCUT2D eigenvalue weighted by Gasteiger charge is 2.25. The van der Waals surface area contributed by atoms with Crippen LogP contribution in [0.15, 0.2) is 65.6 Å². The minimum absolute atomic E-state index is 0.0355. The number of hydrogen-bond donors (Lipinski definition) is 3. The topological polar surface area (TPSA) is 135 Å². The van der Waals surface area contributed by atoms with Gasteiger partial charge in [0.15, 0.2) is 15.0 Å². The van der Waals surface area contributed by atoms with E-state index in [1.165, 1.54) is 23.5 Å². The van der Waals surface area contributed by atoms with Gasteiger partial charge in [-0.15, -0.1) is 0 Å². The van der Waals surface area contributed by atoms with Crippen molar-refractivity contribution in [1.82, 2.24) is 4.98 Å². The Morgan fingerprint density at radius 1 is 1.00 bits per heavy atom. The lowest BCUT2D eigenvalue weighted by molar-refractivity contribution is -0.123. The van der Waals surface area contributed by atoms with Gasteiger partial charge in [-0.3, -0.25) is 10.1 Å². The lowest BCUT2D eigenvalue weighted by Gasteiger charge is -2.19. The molecule has 37 heavy (non-hydrogen) atoms. The molecule has 4 rings (SSSR count). The number of carbonyl (C=O) groups excluding carboxylic acids is 1. The number of sulfone groups is 1. The number of methoxy groups -OCH3 is 1. The summed E-state index contributed by atoms with van der Waals surface area (Å²) in [6.45, 7) is 1.09. The maximum Gasteiger partial charge on any atom is 0.271 e. The SMILES string of the molecule is CCS(=O)(=O)c1ccc(C(Oc2ccc(OC)cc2)C(=O)Nc2nc3cc(CO)c(CO)cc3s2)cc1. The van der Waals surface area contributed by atoms with Gasteiger partial charge in [-0.2, -0.15) is 0 Å². The first kappa shape index (κ1) is 26.6. The van der Waals surface area contributed by atoms with E-state index in [-0.39, 0.29) is 23.9 Å². The van der Waals surface area contributed by atoms with Crippen LogP contribution < -0.4 is 14.8 Å². The number of aliphatic hydroxyl groups excluding tert-OH is 2. The first-order chi connectivity index (χ1) is 17.8. The maximum atomic E-state index is 13.4. The maximum absolute atomic E-state index is 13.4. The molecule has 1 heterocycles. The number of nitrogens with one attached hydrogen (secondary N) is 1. The van der Waals surface area contributed by atoms with Crippen molar-refractivity contribution < 1.29 is 32.9 Å². The lowest BCUT2D eigenvalue weighted by Crippen LogP contribution is -2.25. The second-order valence-corrected chi connectivity index (χ2v) is 11.4. The Bertz CT molecular complexity index is 1460. The Morgan fingerprint density at radius 3 is 2.22 bits per heavy atom. The van der Waals surface area contributed by atoms with Gasteiger partial charge in [-0.05, 0) is 59.7 Å². The summed E-state index contributed by atoms with van der Waals surface area (Å²) in [4.78, 5) is 18.0. The monoisotopic (exact) mass is 542 g/mol. The number of fused-ring (bicyclic) bond motifs is 1. The number of benzene rings is 3. The van der Waals surface area contributed by atoms with Gasteiger partial charge in [0, 0.05) is 5.56 Å². The van der Waals surface area contributed by atoms with E-state index in [9.17, 15) is 23.4 Å². The van der Waals surface area contributed by atoms with Gasteiger partial charge in [0.25, 0.3) is 5.91 Å². The van der Waals surface area contributed by atoms with E-state index < -0.39 is 21.8 Å². The summed E-state index contributed by atoms with van der Waals surface area (Å²) in [5.74, 6) is 0.495. The normalized spacial score (nSPS) is 12.3. The van der Waals surface area contributed by atoms with E-state index >= 15 is 0 Å². The van der Waals surface area contributed by atoms with Crippen molar-refractivity contribution in [2.45, 2.75) is 31.1 Å². The standard InChI is InChI=1S/C26H26N2O7S2/c1-3-37(32,33)21-10-4-16(5-11-21)24(35-20-8-6-19(34-2)7-9-20)25(31)28-26-27-22-12-17(14-29)18(15-30)13-23(22)36-26/h4-13,24,29-30H,3,14-15H2,1-2H3,(H,27,28,31). The van der Waals surface area contributed by atoms with Crippen molar-refractivity contribution in [2.75, 3.05) is 18.2 Å². The number of rotatable bonds is 10. The molecule has 1 atom stereocenters. The summed E-state index contributed by atoms with van der Waals surface area (Å²) in [6.07, 6.45) is -1.11. The van der Waals surface area contributed by atoms with Gasteiger partial charge in [0.05, 0.1) is 41.2 Å². The quantitative estimate of drug-likeness (QED) is 0.275. The molecule has 0 spiro atoms. The third kappa shape index (κ3) is 5.91. The van der Waals surface area contributed by atoms with E-state index in [0.29, 0.717) is 38.8 Å². The van der Waals surface area contributed by atoms with Crippen molar-refractivity contribution in [3.05, 3.63) is 77.4 Å². The molecule has 0 aliphatic rings. The summed E-state index contributed by atoms with van der Waals surface area (Å²) in [5.41, 5.74) is 2.17. The molecule has 9 nitrogen and oxygen atoms in total. The number of aliphatic hydroxyl groups is 2. The van der Waals surface area contributed by atoms with E-state index in [1.807, 2.05) is 0 Å². The van der Waals surface area contributed by atoms with E-state index in [1.54, 1.807) is 62.6 Å². The number of hydrogen-bond acceptors (Lipinski definition) is 9. The van der Waals surface area contributed by atoms with Crippen molar-refractivity contribution in [3.63, 3.8) is 0 Å². The highest BCUT2D eigenvalue weighted by atomic mass is 32.2. The fraction of sp³-hybridized carbons (Fsp3) is 0.231. The van der Waals surface area contributed by atoms with Crippen LogP contribution in [-0.2, 0) is 27.8 Å². The molecular formula is C26H26N2O7S2. The molecule has 0 fully saturated rings. The Labute approximate surface area is 218 Å². The lowest BCUT2D eigenvalue weighted by atomic mass is 10.1. The molecule has 11 heteroatoms. The number of amides is 1. The molecule has 0 aliphatic heterocycles. The third-order valence-electron chi connectivity index (χ3n) is 5.75. The van der Waals surface area contributed by atoms with Gasteiger partial charge in [-0.1, -0.05) is 30.4 Å². The van der Waals surface area contributed by atoms with Crippen LogP contribution in [0.3, 0.4) is 0 Å². The second-order valence-electron chi connectivity index (χ2n) is 8.06. The van der Waals surface area contributed by atoms with Crippen LogP contribution in [0.25, 0.3) is 10.2 Å². The molecule has 3 aromatic carbocycles. The Hall–Kier alpha value is -3.51. The van der Waals surface area contributed by atoms with E-state index in [0.717, 1.165) is 4.70 Å². The smallest absolute Gasteiger partial charge is 0.271 e. The van der Waals surface area contributed by atoms with Gasteiger partial charge in [0.2, 0.25) is 6.10 Å². The molecule has 0 saturated carbocycles. The molecule has 194 valence electrons. The highest BCUT2D eigenvalue weighted by molar-refractivity contribution is 7.91. The van der Waals surface area contributed by atoms with Crippen molar-refractivity contribution >= 4 is 42.4 Å². The summed E-state index contributed by atoms with van der Waals surface area (Å²) >= 11 is 1.22. The molecule has 4 aromatic rings. The van der Waals surface area contributed by atoms with Crippen LogP contribution in [-0.4, -0.2) is 42.4 Å². The molecule has 0 radical (unpaired) electrons. The van der Waals surface area contributed by atoms with Gasteiger partial charge in [0.1, 0.15) is 11.5 Å². The molecule has 0 aliphatic carbocycles. The Kier molecular flexibility index (Phi) is 8.08. The zero-order chi connectivity index (χ0) is 26.6. The zero-order valence-electron chi connectivity index (χ0n) is 20.2. The van der Waals surface area contributed by atoms with Crippen molar-refractivity contribution in [3.8, 4) is 11.5 Å². The van der Waals surface area contributed by atoms with Gasteiger partial charge in [-0.25, -0.2) is 13.4 Å². The number of carbonyl (C=O) groups is 1. The average molecular weight is 543 g/mol. The van der Waals surface area contributed by atoms with E-state index in [2.05, 4.69) is 10.3 Å². The zero-order valence-corrected chi connectivity index (χ0v) is 21.8. The predicted molar refractivity (Wildman–Crippen MR) is 141 cm³/mol. The number of aromatic nitrogens is 1. The van der Waals surface area contributed by atoms with Crippen LogP contribution in [0.2, 0.25) is 0 Å². The number of anilines is 1.